The maximum atomic E-state index is 12.7. The standard InChI is InChI=1S/C15H21N3O3/c1-4-16-14-6-5-12(18(20)21)8-13(14)15(19)17-9-10(2)7-11(17)3/h5-6,8,10-11,16H,4,7,9H2,1-3H3. The first-order chi connectivity index (χ1) is 9.93. The van der Waals surface area contributed by atoms with Crippen LogP contribution in [0.3, 0.4) is 0 Å². The summed E-state index contributed by atoms with van der Waals surface area (Å²) in [5.41, 5.74) is 0.978. The second kappa shape index (κ2) is 6.11. The zero-order valence-electron chi connectivity index (χ0n) is 12.6. The average molecular weight is 291 g/mol. The Morgan fingerprint density at radius 1 is 1.48 bits per heavy atom. The van der Waals surface area contributed by atoms with Gasteiger partial charge in [0, 0.05) is 37.0 Å². The second-order valence-corrected chi connectivity index (χ2v) is 5.66. The lowest BCUT2D eigenvalue weighted by Crippen LogP contribution is -2.34. The quantitative estimate of drug-likeness (QED) is 0.683. The van der Waals surface area contributed by atoms with E-state index in [4.69, 9.17) is 0 Å². The van der Waals surface area contributed by atoms with Crippen molar-refractivity contribution in [2.45, 2.75) is 33.2 Å². The van der Waals surface area contributed by atoms with Crippen molar-refractivity contribution in [2.24, 2.45) is 5.92 Å². The lowest BCUT2D eigenvalue weighted by Gasteiger charge is -2.23. The van der Waals surface area contributed by atoms with E-state index in [2.05, 4.69) is 12.2 Å². The molecule has 1 aromatic carbocycles. The number of nitrogens with one attached hydrogen (secondary N) is 1. The van der Waals surface area contributed by atoms with Gasteiger partial charge >= 0.3 is 0 Å². The van der Waals surface area contributed by atoms with Crippen molar-refractivity contribution in [3.8, 4) is 0 Å². The van der Waals surface area contributed by atoms with Crippen LogP contribution in [0, 0.1) is 16.0 Å². The number of benzene rings is 1. The third kappa shape index (κ3) is 3.15. The van der Waals surface area contributed by atoms with Gasteiger partial charge in [-0.2, -0.15) is 0 Å². The molecular weight excluding hydrogens is 270 g/mol. The third-order valence-electron chi connectivity index (χ3n) is 3.86. The minimum Gasteiger partial charge on any atom is -0.385 e. The molecule has 1 aliphatic heterocycles. The third-order valence-corrected chi connectivity index (χ3v) is 3.86. The van der Waals surface area contributed by atoms with Crippen LogP contribution in [0.2, 0.25) is 0 Å². The number of nitrogens with zero attached hydrogens (tertiary/aromatic N) is 2. The van der Waals surface area contributed by atoms with Gasteiger partial charge in [0.1, 0.15) is 0 Å². The van der Waals surface area contributed by atoms with E-state index < -0.39 is 4.92 Å². The molecule has 21 heavy (non-hydrogen) atoms. The Labute approximate surface area is 124 Å². The van der Waals surface area contributed by atoms with Gasteiger partial charge in [-0.25, -0.2) is 0 Å². The van der Waals surface area contributed by atoms with Crippen LogP contribution in [0.1, 0.15) is 37.6 Å². The van der Waals surface area contributed by atoms with E-state index in [0.717, 1.165) is 6.42 Å². The predicted octanol–water partition coefficient (Wildman–Crippen LogP) is 2.90. The number of nitro groups is 1. The molecule has 2 rings (SSSR count). The fourth-order valence-corrected chi connectivity index (χ4v) is 2.90. The Hall–Kier alpha value is -2.11. The zero-order chi connectivity index (χ0) is 15.6. The molecule has 0 spiro atoms. The van der Waals surface area contributed by atoms with Gasteiger partial charge in [-0.1, -0.05) is 6.92 Å². The van der Waals surface area contributed by atoms with Crippen LogP contribution >= 0.6 is 0 Å². The molecule has 2 atom stereocenters. The van der Waals surface area contributed by atoms with E-state index in [1.165, 1.54) is 12.1 Å². The number of rotatable bonds is 4. The summed E-state index contributed by atoms with van der Waals surface area (Å²) in [5, 5.41) is 14.0. The highest BCUT2D eigenvalue weighted by Crippen LogP contribution is 2.28. The van der Waals surface area contributed by atoms with E-state index >= 15 is 0 Å². The summed E-state index contributed by atoms with van der Waals surface area (Å²) in [4.78, 5) is 25.0. The summed E-state index contributed by atoms with van der Waals surface area (Å²) in [6.45, 7) is 7.42. The van der Waals surface area contributed by atoms with Crippen molar-refractivity contribution in [2.75, 3.05) is 18.4 Å². The Morgan fingerprint density at radius 3 is 2.71 bits per heavy atom. The molecule has 1 fully saturated rings. The summed E-state index contributed by atoms with van der Waals surface area (Å²) in [5.74, 6) is 0.330. The lowest BCUT2D eigenvalue weighted by molar-refractivity contribution is -0.384. The summed E-state index contributed by atoms with van der Waals surface area (Å²) < 4.78 is 0. The molecular formula is C15H21N3O3. The minimum atomic E-state index is -0.470. The van der Waals surface area contributed by atoms with Crippen LogP contribution < -0.4 is 5.32 Å². The van der Waals surface area contributed by atoms with Crippen molar-refractivity contribution in [3.63, 3.8) is 0 Å². The van der Waals surface area contributed by atoms with Gasteiger partial charge in [-0.15, -0.1) is 0 Å². The number of nitro benzene ring substituents is 1. The SMILES string of the molecule is CCNc1ccc([N+](=O)[O-])cc1C(=O)N1CC(C)CC1C. The summed E-state index contributed by atoms with van der Waals surface area (Å²) >= 11 is 0. The number of non-ortho nitro benzene ring substituents is 1. The Balaban J connectivity index is 2.37. The molecule has 2 unspecified atom stereocenters. The highest BCUT2D eigenvalue weighted by atomic mass is 16.6. The molecule has 114 valence electrons. The van der Waals surface area contributed by atoms with Crippen molar-refractivity contribution >= 4 is 17.3 Å². The van der Waals surface area contributed by atoms with Crippen LogP contribution in [0.25, 0.3) is 0 Å². The highest BCUT2D eigenvalue weighted by molar-refractivity contribution is 6.00. The number of carbonyl (C=O) groups is 1. The first kappa shape index (κ1) is 15.3. The van der Waals surface area contributed by atoms with Gasteiger partial charge in [-0.05, 0) is 32.3 Å². The van der Waals surface area contributed by atoms with Crippen LogP contribution in [0.4, 0.5) is 11.4 Å². The van der Waals surface area contributed by atoms with Crippen molar-refractivity contribution in [1.82, 2.24) is 4.90 Å². The summed E-state index contributed by atoms with van der Waals surface area (Å²) in [6.07, 6.45) is 0.969. The normalized spacial score (nSPS) is 21.4. The molecule has 1 aromatic rings. The van der Waals surface area contributed by atoms with Crippen molar-refractivity contribution in [3.05, 3.63) is 33.9 Å². The van der Waals surface area contributed by atoms with Gasteiger partial charge in [0.2, 0.25) is 0 Å². The second-order valence-electron chi connectivity index (χ2n) is 5.66. The van der Waals surface area contributed by atoms with E-state index in [0.29, 0.717) is 30.3 Å². The van der Waals surface area contributed by atoms with Gasteiger partial charge in [0.15, 0.2) is 0 Å². The number of amides is 1. The molecule has 0 saturated carbocycles. The molecule has 1 aliphatic rings. The number of likely N-dealkylation sites (tertiary alicyclic amines) is 1. The summed E-state index contributed by atoms with van der Waals surface area (Å²) in [6, 6.07) is 4.57. The Bertz CT molecular complexity index is 559. The largest absolute Gasteiger partial charge is 0.385 e. The predicted molar refractivity (Wildman–Crippen MR) is 81.5 cm³/mol. The molecule has 0 radical (unpaired) electrons. The van der Waals surface area contributed by atoms with Gasteiger partial charge < -0.3 is 10.2 Å². The van der Waals surface area contributed by atoms with E-state index in [-0.39, 0.29) is 17.6 Å². The molecule has 6 nitrogen and oxygen atoms in total. The lowest BCUT2D eigenvalue weighted by atomic mass is 10.1. The van der Waals surface area contributed by atoms with Crippen LogP contribution in [-0.2, 0) is 0 Å². The smallest absolute Gasteiger partial charge is 0.270 e. The zero-order valence-corrected chi connectivity index (χ0v) is 12.6. The number of hydrogen-bond donors (Lipinski definition) is 1. The molecule has 0 bridgehead atoms. The number of anilines is 1. The number of carbonyl (C=O) groups excluding carboxylic acids is 1. The summed E-state index contributed by atoms with van der Waals surface area (Å²) in [7, 11) is 0. The topological polar surface area (TPSA) is 75.5 Å². The van der Waals surface area contributed by atoms with E-state index in [1.54, 1.807) is 6.07 Å². The molecule has 1 saturated heterocycles. The van der Waals surface area contributed by atoms with Crippen LogP contribution in [0.15, 0.2) is 18.2 Å². The van der Waals surface area contributed by atoms with Crippen LogP contribution in [0.5, 0.6) is 0 Å². The Kier molecular flexibility index (Phi) is 4.45. The van der Waals surface area contributed by atoms with Crippen molar-refractivity contribution in [1.29, 1.82) is 0 Å². The molecule has 0 aliphatic carbocycles. The fourth-order valence-electron chi connectivity index (χ4n) is 2.90. The molecule has 0 aromatic heterocycles. The molecule has 1 amide bonds. The molecule has 6 heteroatoms. The van der Waals surface area contributed by atoms with E-state index in [9.17, 15) is 14.9 Å². The number of hydrogen-bond acceptors (Lipinski definition) is 4. The van der Waals surface area contributed by atoms with E-state index in [1.807, 2.05) is 18.7 Å². The Morgan fingerprint density at radius 2 is 2.19 bits per heavy atom. The first-order valence-electron chi connectivity index (χ1n) is 7.27. The van der Waals surface area contributed by atoms with Gasteiger partial charge in [0.25, 0.3) is 11.6 Å². The maximum Gasteiger partial charge on any atom is 0.270 e. The molecule has 1 N–H and O–H groups in total. The monoisotopic (exact) mass is 291 g/mol. The minimum absolute atomic E-state index is 0.0556. The first-order valence-corrected chi connectivity index (χ1v) is 7.27. The fraction of sp³-hybridized carbons (Fsp3) is 0.533. The van der Waals surface area contributed by atoms with Gasteiger partial charge in [-0.3, -0.25) is 14.9 Å². The molecule has 1 heterocycles. The highest BCUT2D eigenvalue weighted by Gasteiger charge is 2.32. The van der Waals surface area contributed by atoms with Crippen molar-refractivity contribution < 1.29 is 9.72 Å². The maximum absolute atomic E-state index is 12.7. The average Bonchev–Trinajstić information content (AvgIpc) is 2.77. The van der Waals surface area contributed by atoms with Crippen LogP contribution in [-0.4, -0.2) is 34.9 Å². The van der Waals surface area contributed by atoms with Gasteiger partial charge in [0.05, 0.1) is 10.5 Å².